The Labute approximate surface area is 154 Å². The summed E-state index contributed by atoms with van der Waals surface area (Å²) in [5.41, 5.74) is 0.290. The number of rotatable bonds is 7. The molecular weight excluding hydrogens is 365 g/mol. The number of ether oxygens (including phenoxy) is 4. The number of carbonyl (C=O) groups excluding carboxylic acids is 1. The number of carbonyl (C=O) groups is 1. The molecule has 0 N–H and O–H groups in total. The summed E-state index contributed by atoms with van der Waals surface area (Å²) >= 11 is 0. The summed E-state index contributed by atoms with van der Waals surface area (Å²) in [5.74, 6) is 0.677. The van der Waals surface area contributed by atoms with Gasteiger partial charge in [0.05, 0.1) is 33.3 Å². The molecule has 0 aromatic heterocycles. The zero-order chi connectivity index (χ0) is 20.0. The molecule has 146 valence electrons. The summed E-state index contributed by atoms with van der Waals surface area (Å²) in [6, 6.07) is 7.69. The van der Waals surface area contributed by atoms with Gasteiger partial charge in [0, 0.05) is 0 Å². The van der Waals surface area contributed by atoms with Gasteiger partial charge in [0.15, 0.2) is 11.5 Å². The second-order valence-corrected chi connectivity index (χ2v) is 5.57. The Morgan fingerprint density at radius 1 is 0.889 bits per heavy atom. The number of esters is 1. The highest BCUT2D eigenvalue weighted by Gasteiger charge is 2.29. The summed E-state index contributed by atoms with van der Waals surface area (Å²) in [6.45, 7) is -0.124. The molecule has 0 bridgehead atoms. The minimum Gasteiger partial charge on any atom is -0.493 e. The molecule has 0 heterocycles. The first kappa shape index (κ1) is 20.4. The number of methoxy groups -OCH3 is 3. The van der Waals surface area contributed by atoms with Crippen molar-refractivity contribution in [2.24, 2.45) is 0 Å². The fourth-order valence-electron chi connectivity index (χ4n) is 2.41. The molecule has 5 nitrogen and oxygen atoms in total. The van der Waals surface area contributed by atoms with Crippen molar-refractivity contribution in [2.75, 3.05) is 21.3 Å². The van der Waals surface area contributed by atoms with Crippen molar-refractivity contribution >= 4 is 5.97 Å². The van der Waals surface area contributed by atoms with Gasteiger partial charge < -0.3 is 18.9 Å². The lowest BCUT2D eigenvalue weighted by molar-refractivity contribution is -0.144. The molecule has 0 aliphatic heterocycles. The van der Waals surface area contributed by atoms with Gasteiger partial charge in [-0.3, -0.25) is 4.79 Å². The van der Waals surface area contributed by atoms with Gasteiger partial charge >= 0.3 is 12.1 Å². The van der Waals surface area contributed by atoms with Crippen LogP contribution in [-0.2, 0) is 28.7 Å². The zero-order valence-electron chi connectivity index (χ0n) is 15.1. The van der Waals surface area contributed by atoms with E-state index in [0.29, 0.717) is 28.4 Å². The molecule has 27 heavy (non-hydrogen) atoms. The largest absolute Gasteiger partial charge is 0.493 e. The number of benzene rings is 2. The Bertz CT molecular complexity index is 760. The van der Waals surface area contributed by atoms with Gasteiger partial charge in [-0.1, -0.05) is 12.1 Å². The summed E-state index contributed by atoms with van der Waals surface area (Å²) in [7, 11) is 4.40. The lowest BCUT2D eigenvalue weighted by atomic mass is 10.1. The van der Waals surface area contributed by atoms with Crippen LogP contribution in [0, 0.1) is 0 Å². The van der Waals surface area contributed by atoms with E-state index in [9.17, 15) is 18.0 Å². The van der Waals surface area contributed by atoms with Gasteiger partial charge in [-0.15, -0.1) is 0 Å². The molecule has 0 spiro atoms. The Morgan fingerprint density at radius 2 is 1.44 bits per heavy atom. The molecule has 0 aliphatic carbocycles. The highest BCUT2D eigenvalue weighted by molar-refractivity contribution is 5.73. The minimum absolute atomic E-state index is 0.0582. The van der Waals surface area contributed by atoms with Gasteiger partial charge in [0.2, 0.25) is 5.75 Å². The Morgan fingerprint density at radius 3 is 1.89 bits per heavy atom. The van der Waals surface area contributed by atoms with E-state index in [4.69, 9.17) is 18.9 Å². The quantitative estimate of drug-likeness (QED) is 0.675. The van der Waals surface area contributed by atoms with E-state index in [1.54, 1.807) is 12.1 Å². The Hall–Kier alpha value is -2.90. The van der Waals surface area contributed by atoms with E-state index in [-0.39, 0.29) is 13.0 Å². The third kappa shape index (κ3) is 5.29. The highest BCUT2D eigenvalue weighted by Crippen LogP contribution is 2.38. The fourth-order valence-corrected chi connectivity index (χ4v) is 2.41. The van der Waals surface area contributed by atoms with E-state index < -0.39 is 17.7 Å². The average molecular weight is 384 g/mol. The summed E-state index contributed by atoms with van der Waals surface area (Å²) < 4.78 is 58.4. The summed E-state index contributed by atoms with van der Waals surface area (Å²) in [4.78, 5) is 12.1. The van der Waals surface area contributed by atoms with Crippen LogP contribution in [-0.4, -0.2) is 27.3 Å². The molecular formula is C19H19F3O5. The lowest BCUT2D eigenvalue weighted by Crippen LogP contribution is -2.09. The average Bonchev–Trinajstić information content (AvgIpc) is 2.65. The van der Waals surface area contributed by atoms with Crippen molar-refractivity contribution in [1.82, 2.24) is 0 Å². The number of halogens is 3. The molecule has 2 rings (SSSR count). The van der Waals surface area contributed by atoms with Crippen LogP contribution in [0.3, 0.4) is 0 Å². The first-order chi connectivity index (χ1) is 12.8. The molecule has 0 saturated carbocycles. The van der Waals surface area contributed by atoms with Crippen molar-refractivity contribution in [3.63, 3.8) is 0 Å². The molecule has 0 saturated heterocycles. The maximum atomic E-state index is 12.5. The highest BCUT2D eigenvalue weighted by atomic mass is 19.4. The maximum absolute atomic E-state index is 12.5. The topological polar surface area (TPSA) is 54.0 Å². The van der Waals surface area contributed by atoms with Gasteiger partial charge in [-0.05, 0) is 35.4 Å². The molecule has 0 radical (unpaired) electrons. The van der Waals surface area contributed by atoms with E-state index in [0.717, 1.165) is 12.1 Å². The Kier molecular flexibility index (Phi) is 6.55. The van der Waals surface area contributed by atoms with Gasteiger partial charge in [-0.25, -0.2) is 0 Å². The van der Waals surface area contributed by atoms with E-state index >= 15 is 0 Å². The van der Waals surface area contributed by atoms with Crippen LogP contribution in [0.4, 0.5) is 13.2 Å². The van der Waals surface area contributed by atoms with Crippen molar-refractivity contribution in [3.05, 3.63) is 53.1 Å². The molecule has 0 unspecified atom stereocenters. The predicted octanol–water partition coefficient (Wildman–Crippen LogP) is 4.02. The SMILES string of the molecule is COc1cc(CC(=O)OCc2ccc(C(F)(F)F)cc2)cc(OC)c1OC. The molecule has 2 aromatic rings. The molecule has 2 aromatic carbocycles. The number of hydrogen-bond donors (Lipinski definition) is 0. The predicted molar refractivity (Wildman–Crippen MR) is 91.0 cm³/mol. The first-order valence-electron chi connectivity index (χ1n) is 7.89. The monoisotopic (exact) mass is 384 g/mol. The normalized spacial score (nSPS) is 11.0. The van der Waals surface area contributed by atoms with Crippen LogP contribution in [0.5, 0.6) is 17.2 Å². The van der Waals surface area contributed by atoms with E-state index in [1.807, 2.05) is 0 Å². The molecule has 0 fully saturated rings. The second kappa shape index (κ2) is 8.66. The number of alkyl halides is 3. The molecule has 0 amide bonds. The molecule has 0 atom stereocenters. The Balaban J connectivity index is 2.01. The molecule has 8 heteroatoms. The summed E-state index contributed by atoms with van der Waals surface area (Å²) in [6.07, 6.45) is -4.46. The zero-order valence-corrected chi connectivity index (χ0v) is 15.1. The van der Waals surface area contributed by atoms with Crippen LogP contribution < -0.4 is 14.2 Å². The van der Waals surface area contributed by atoms with Crippen molar-refractivity contribution < 1.29 is 36.9 Å². The molecule has 0 aliphatic rings. The minimum atomic E-state index is -4.40. The standard InChI is InChI=1S/C19H19F3O5/c1-24-15-8-13(9-16(25-2)18(15)26-3)10-17(23)27-11-12-4-6-14(7-5-12)19(20,21)22/h4-9H,10-11H2,1-3H3. The first-order valence-corrected chi connectivity index (χ1v) is 7.89. The third-order valence-corrected chi connectivity index (χ3v) is 3.75. The van der Waals surface area contributed by atoms with Crippen LogP contribution in [0.25, 0.3) is 0 Å². The lowest BCUT2D eigenvalue weighted by Gasteiger charge is -2.14. The number of hydrogen-bond acceptors (Lipinski definition) is 5. The van der Waals surface area contributed by atoms with Crippen LogP contribution in [0.1, 0.15) is 16.7 Å². The smallest absolute Gasteiger partial charge is 0.416 e. The van der Waals surface area contributed by atoms with Gasteiger partial charge in [0.25, 0.3) is 0 Å². The van der Waals surface area contributed by atoms with Crippen LogP contribution in [0.15, 0.2) is 36.4 Å². The second-order valence-electron chi connectivity index (χ2n) is 5.57. The summed E-state index contributed by atoms with van der Waals surface area (Å²) in [5, 5.41) is 0. The van der Waals surface area contributed by atoms with Crippen LogP contribution in [0.2, 0.25) is 0 Å². The van der Waals surface area contributed by atoms with Crippen molar-refractivity contribution in [2.45, 2.75) is 19.2 Å². The van der Waals surface area contributed by atoms with Crippen molar-refractivity contribution in [1.29, 1.82) is 0 Å². The maximum Gasteiger partial charge on any atom is 0.416 e. The van der Waals surface area contributed by atoms with Crippen molar-refractivity contribution in [3.8, 4) is 17.2 Å². The van der Waals surface area contributed by atoms with Gasteiger partial charge in [-0.2, -0.15) is 13.2 Å². The fraction of sp³-hybridized carbons (Fsp3) is 0.316. The van der Waals surface area contributed by atoms with Gasteiger partial charge in [0.1, 0.15) is 6.61 Å². The van der Waals surface area contributed by atoms with Crippen LogP contribution >= 0.6 is 0 Å². The van der Waals surface area contributed by atoms with E-state index in [1.165, 1.54) is 33.5 Å². The third-order valence-electron chi connectivity index (χ3n) is 3.75. The van der Waals surface area contributed by atoms with E-state index in [2.05, 4.69) is 0 Å².